The first-order chi connectivity index (χ1) is 9.56. The van der Waals surface area contributed by atoms with Crippen LogP contribution in [0.5, 0.6) is 5.75 Å². The summed E-state index contributed by atoms with van der Waals surface area (Å²) >= 11 is 0. The quantitative estimate of drug-likeness (QED) is 0.773. The van der Waals surface area contributed by atoms with Crippen molar-refractivity contribution >= 4 is 5.78 Å². The molecule has 0 saturated heterocycles. The number of hydrogen-bond donors (Lipinski definition) is 0. The molecule has 0 fully saturated rings. The van der Waals surface area contributed by atoms with Crippen LogP contribution in [0.3, 0.4) is 0 Å². The highest BCUT2D eigenvalue weighted by Crippen LogP contribution is 2.31. The Kier molecular flexibility index (Phi) is 3.09. The molecule has 0 aliphatic carbocycles. The van der Waals surface area contributed by atoms with E-state index < -0.39 is 0 Å². The summed E-state index contributed by atoms with van der Waals surface area (Å²) < 4.78 is 5.81. The van der Waals surface area contributed by atoms with E-state index in [2.05, 4.69) is 19.1 Å². The van der Waals surface area contributed by atoms with Gasteiger partial charge in [0.25, 0.3) is 0 Å². The molecule has 1 heterocycles. The molecule has 3 rings (SSSR count). The highest BCUT2D eigenvalue weighted by Gasteiger charge is 2.31. The number of aryl methyl sites for hydroxylation is 3. The Bertz CT molecular complexity index is 638. The van der Waals surface area contributed by atoms with Gasteiger partial charge < -0.3 is 4.74 Å². The molecule has 2 aromatic rings. The minimum absolute atomic E-state index is 0.0937. The number of para-hydroxylation sites is 1. The third kappa shape index (κ3) is 2.11. The lowest BCUT2D eigenvalue weighted by Gasteiger charge is -2.14. The summed E-state index contributed by atoms with van der Waals surface area (Å²) in [4.78, 5) is 12.7. The smallest absolute Gasteiger partial charge is 0.204 e. The second-order valence-corrected chi connectivity index (χ2v) is 5.56. The van der Waals surface area contributed by atoms with E-state index in [-0.39, 0.29) is 11.9 Å². The summed E-state index contributed by atoms with van der Waals surface area (Å²) in [5.41, 5.74) is 5.19. The number of Topliss-reactive ketones (excluding diaryl/α,β-unsaturated/α-hetero) is 1. The van der Waals surface area contributed by atoms with E-state index in [1.807, 2.05) is 38.1 Å². The second kappa shape index (κ2) is 4.78. The molecule has 2 heteroatoms. The lowest BCUT2D eigenvalue weighted by molar-refractivity contribution is 0.0823. The zero-order chi connectivity index (χ0) is 14.3. The van der Waals surface area contributed by atoms with Gasteiger partial charge in [0, 0.05) is 12.0 Å². The fraction of sp³-hybridized carbons (Fsp3) is 0.278. The van der Waals surface area contributed by atoms with E-state index in [9.17, 15) is 4.79 Å². The monoisotopic (exact) mass is 266 g/mol. The standard InChI is InChI=1S/C18H18O2/c1-11-8-12(2)17(13(3)9-11)18(19)16-10-14-6-4-5-7-15(14)20-16/h4-9,16H,10H2,1-3H3. The fourth-order valence-electron chi connectivity index (χ4n) is 3.06. The molecule has 0 amide bonds. The van der Waals surface area contributed by atoms with E-state index in [1.165, 1.54) is 5.56 Å². The number of ether oxygens (including phenoxy) is 1. The summed E-state index contributed by atoms with van der Waals surface area (Å²) in [6.45, 7) is 6.04. The van der Waals surface area contributed by atoms with Crippen molar-refractivity contribution in [3.8, 4) is 5.75 Å². The van der Waals surface area contributed by atoms with Crippen molar-refractivity contribution in [1.82, 2.24) is 0 Å². The molecule has 0 N–H and O–H groups in total. The number of rotatable bonds is 2. The van der Waals surface area contributed by atoms with Gasteiger partial charge in [-0.2, -0.15) is 0 Å². The SMILES string of the molecule is Cc1cc(C)c(C(=O)C2Cc3ccccc3O2)c(C)c1. The van der Waals surface area contributed by atoms with Gasteiger partial charge in [0.2, 0.25) is 5.78 Å². The zero-order valence-electron chi connectivity index (χ0n) is 12.1. The molecule has 0 bridgehead atoms. The highest BCUT2D eigenvalue weighted by molar-refractivity contribution is 6.02. The molecule has 20 heavy (non-hydrogen) atoms. The second-order valence-electron chi connectivity index (χ2n) is 5.56. The molecule has 1 aliphatic rings. The van der Waals surface area contributed by atoms with E-state index in [0.717, 1.165) is 28.0 Å². The van der Waals surface area contributed by atoms with Crippen molar-refractivity contribution < 1.29 is 9.53 Å². The Morgan fingerprint density at radius 3 is 2.40 bits per heavy atom. The largest absolute Gasteiger partial charge is 0.482 e. The minimum atomic E-state index is -0.382. The maximum Gasteiger partial charge on any atom is 0.204 e. The molecule has 2 aromatic carbocycles. The Balaban J connectivity index is 1.93. The maximum absolute atomic E-state index is 12.7. The predicted molar refractivity (Wildman–Crippen MR) is 79.5 cm³/mol. The molecule has 1 unspecified atom stereocenters. The van der Waals surface area contributed by atoms with Crippen molar-refractivity contribution in [2.24, 2.45) is 0 Å². The number of fused-ring (bicyclic) bond motifs is 1. The predicted octanol–water partition coefficient (Wildman–Crippen LogP) is 3.80. The molecule has 102 valence electrons. The summed E-state index contributed by atoms with van der Waals surface area (Å²) in [5.74, 6) is 0.935. The first-order valence-electron chi connectivity index (χ1n) is 6.93. The van der Waals surface area contributed by atoms with Crippen LogP contribution in [0.2, 0.25) is 0 Å². The lowest BCUT2D eigenvalue weighted by atomic mass is 9.93. The molecule has 1 aliphatic heterocycles. The van der Waals surface area contributed by atoms with Gasteiger partial charge in [-0.25, -0.2) is 0 Å². The van der Waals surface area contributed by atoms with Gasteiger partial charge in [-0.1, -0.05) is 35.9 Å². The zero-order valence-corrected chi connectivity index (χ0v) is 12.1. The van der Waals surface area contributed by atoms with Crippen LogP contribution in [-0.2, 0) is 6.42 Å². The molecule has 0 saturated carbocycles. The third-order valence-electron chi connectivity index (χ3n) is 3.86. The minimum Gasteiger partial charge on any atom is -0.482 e. The van der Waals surface area contributed by atoms with Crippen molar-refractivity contribution in [1.29, 1.82) is 0 Å². The van der Waals surface area contributed by atoms with Gasteiger partial charge >= 0.3 is 0 Å². The molecular formula is C18H18O2. The molecular weight excluding hydrogens is 248 g/mol. The van der Waals surface area contributed by atoms with E-state index in [4.69, 9.17) is 4.74 Å². The topological polar surface area (TPSA) is 26.3 Å². The first-order valence-corrected chi connectivity index (χ1v) is 6.93. The van der Waals surface area contributed by atoms with Crippen LogP contribution in [0.15, 0.2) is 36.4 Å². The summed E-state index contributed by atoms with van der Waals surface area (Å²) in [5, 5.41) is 0. The normalized spacial score (nSPS) is 16.6. The number of carbonyl (C=O) groups excluding carboxylic acids is 1. The van der Waals surface area contributed by atoms with Crippen LogP contribution < -0.4 is 4.74 Å². The van der Waals surface area contributed by atoms with Crippen molar-refractivity contribution in [3.63, 3.8) is 0 Å². The van der Waals surface area contributed by atoms with Gasteiger partial charge in [0.05, 0.1) is 0 Å². The summed E-state index contributed by atoms with van der Waals surface area (Å²) in [6.07, 6.45) is 0.286. The van der Waals surface area contributed by atoms with Crippen molar-refractivity contribution in [2.45, 2.75) is 33.3 Å². The van der Waals surface area contributed by atoms with Gasteiger partial charge in [0.1, 0.15) is 5.75 Å². The molecule has 1 atom stereocenters. The third-order valence-corrected chi connectivity index (χ3v) is 3.86. The number of ketones is 1. The summed E-state index contributed by atoms with van der Waals surface area (Å²) in [6, 6.07) is 12.0. The fourth-order valence-corrected chi connectivity index (χ4v) is 3.06. The molecule has 2 nitrogen and oxygen atoms in total. The van der Waals surface area contributed by atoms with Gasteiger partial charge in [0.15, 0.2) is 6.10 Å². The van der Waals surface area contributed by atoms with Gasteiger partial charge in [-0.15, -0.1) is 0 Å². The van der Waals surface area contributed by atoms with Crippen LogP contribution in [0, 0.1) is 20.8 Å². The number of hydrogen-bond acceptors (Lipinski definition) is 2. The van der Waals surface area contributed by atoms with Gasteiger partial charge in [-0.05, 0) is 43.5 Å². The average molecular weight is 266 g/mol. The number of carbonyl (C=O) groups is 1. The number of benzene rings is 2. The van der Waals surface area contributed by atoms with Crippen LogP contribution in [0.1, 0.15) is 32.6 Å². The van der Waals surface area contributed by atoms with E-state index >= 15 is 0 Å². The first kappa shape index (κ1) is 12.9. The van der Waals surface area contributed by atoms with E-state index in [1.54, 1.807) is 0 Å². The van der Waals surface area contributed by atoms with Crippen molar-refractivity contribution in [3.05, 3.63) is 64.2 Å². The van der Waals surface area contributed by atoms with Crippen LogP contribution >= 0.6 is 0 Å². The highest BCUT2D eigenvalue weighted by atomic mass is 16.5. The molecule has 0 aromatic heterocycles. The lowest BCUT2D eigenvalue weighted by Crippen LogP contribution is -2.26. The van der Waals surface area contributed by atoms with Crippen LogP contribution in [-0.4, -0.2) is 11.9 Å². The Morgan fingerprint density at radius 1 is 1.10 bits per heavy atom. The maximum atomic E-state index is 12.7. The Morgan fingerprint density at radius 2 is 1.75 bits per heavy atom. The van der Waals surface area contributed by atoms with Gasteiger partial charge in [-0.3, -0.25) is 4.79 Å². The van der Waals surface area contributed by atoms with E-state index in [0.29, 0.717) is 6.42 Å². The summed E-state index contributed by atoms with van der Waals surface area (Å²) in [7, 11) is 0. The Hall–Kier alpha value is -2.09. The average Bonchev–Trinajstić information content (AvgIpc) is 2.81. The van der Waals surface area contributed by atoms with Crippen LogP contribution in [0.4, 0.5) is 0 Å². The Labute approximate surface area is 119 Å². The van der Waals surface area contributed by atoms with Crippen molar-refractivity contribution in [2.75, 3.05) is 0 Å². The van der Waals surface area contributed by atoms with Crippen LogP contribution in [0.25, 0.3) is 0 Å². The molecule has 0 spiro atoms. The molecule has 0 radical (unpaired) electrons.